The molecule has 0 radical (unpaired) electrons. The first kappa shape index (κ1) is 11.9. The third-order valence-electron chi connectivity index (χ3n) is 2.00. The molecule has 0 amide bonds. The van der Waals surface area contributed by atoms with Crippen LogP contribution in [0.3, 0.4) is 0 Å². The van der Waals surface area contributed by atoms with Gasteiger partial charge in [-0.25, -0.2) is 0 Å². The number of rotatable bonds is 2. The molecule has 0 unspecified atom stereocenters. The van der Waals surface area contributed by atoms with Gasteiger partial charge in [-0.05, 0) is 0 Å². The summed E-state index contributed by atoms with van der Waals surface area (Å²) >= 11 is 0. The minimum absolute atomic E-state index is 0. The van der Waals surface area contributed by atoms with Gasteiger partial charge in [-0.1, -0.05) is 60.7 Å². The third-order valence-corrected chi connectivity index (χ3v) is 3.58. The van der Waals surface area contributed by atoms with Crippen molar-refractivity contribution in [3.63, 3.8) is 0 Å². The SMILES string of the molecule is O.OP(c1ccccc1)c1ccccc1. The van der Waals surface area contributed by atoms with E-state index in [1.165, 1.54) is 0 Å². The molecule has 0 atom stereocenters. The largest absolute Gasteiger partial charge is 0.412 e. The van der Waals surface area contributed by atoms with E-state index in [1.54, 1.807) is 0 Å². The molecule has 0 aromatic heterocycles. The van der Waals surface area contributed by atoms with Crippen molar-refractivity contribution in [3.8, 4) is 0 Å². The van der Waals surface area contributed by atoms with Gasteiger partial charge >= 0.3 is 0 Å². The van der Waals surface area contributed by atoms with Crippen LogP contribution in [-0.4, -0.2) is 10.4 Å². The summed E-state index contributed by atoms with van der Waals surface area (Å²) in [7, 11) is -1.17. The smallest absolute Gasteiger partial charge is 0.0877 e. The molecule has 0 saturated heterocycles. The van der Waals surface area contributed by atoms with E-state index in [9.17, 15) is 4.89 Å². The highest BCUT2D eigenvalue weighted by Gasteiger charge is 2.08. The van der Waals surface area contributed by atoms with Gasteiger partial charge in [0.25, 0.3) is 0 Å². The summed E-state index contributed by atoms with van der Waals surface area (Å²) in [5.41, 5.74) is 0. The molecule has 0 bridgehead atoms. The monoisotopic (exact) mass is 220 g/mol. The summed E-state index contributed by atoms with van der Waals surface area (Å²) < 4.78 is 0. The van der Waals surface area contributed by atoms with Crippen molar-refractivity contribution >= 4 is 18.8 Å². The molecule has 0 aliphatic carbocycles. The van der Waals surface area contributed by atoms with Crippen LogP contribution in [0.15, 0.2) is 60.7 Å². The Morgan fingerprint density at radius 2 is 1.00 bits per heavy atom. The predicted molar refractivity (Wildman–Crippen MR) is 64.9 cm³/mol. The Morgan fingerprint density at radius 3 is 1.33 bits per heavy atom. The van der Waals surface area contributed by atoms with Crippen LogP contribution in [0.25, 0.3) is 0 Å². The fourth-order valence-electron chi connectivity index (χ4n) is 1.29. The van der Waals surface area contributed by atoms with Gasteiger partial charge in [-0.2, -0.15) is 0 Å². The lowest BCUT2D eigenvalue weighted by atomic mass is 10.4. The van der Waals surface area contributed by atoms with E-state index < -0.39 is 8.15 Å². The lowest BCUT2D eigenvalue weighted by Crippen LogP contribution is -2.09. The van der Waals surface area contributed by atoms with Crippen LogP contribution in [0.5, 0.6) is 0 Å². The molecule has 78 valence electrons. The van der Waals surface area contributed by atoms with Gasteiger partial charge < -0.3 is 10.4 Å². The highest BCUT2D eigenvalue weighted by Crippen LogP contribution is 2.26. The number of hydrogen-bond acceptors (Lipinski definition) is 1. The van der Waals surface area contributed by atoms with Gasteiger partial charge in [0.15, 0.2) is 0 Å². The Balaban J connectivity index is 0.00000112. The average Bonchev–Trinajstić information content (AvgIpc) is 2.30. The zero-order valence-corrected chi connectivity index (χ0v) is 9.06. The summed E-state index contributed by atoms with van der Waals surface area (Å²) in [4.78, 5) is 10.1. The molecule has 0 saturated carbocycles. The second kappa shape index (κ2) is 5.62. The van der Waals surface area contributed by atoms with Gasteiger partial charge in [0.1, 0.15) is 0 Å². The molecule has 2 aromatic carbocycles. The van der Waals surface area contributed by atoms with Gasteiger partial charge in [0.2, 0.25) is 0 Å². The molecule has 2 aromatic rings. The first-order valence-electron chi connectivity index (χ1n) is 4.47. The molecule has 2 nitrogen and oxygen atoms in total. The standard InChI is InChI=1S/C12H11OP.H2O/c13-14(11-7-3-1-4-8-11)12-9-5-2-6-10-12;/h1-10,13H;1H2. The van der Waals surface area contributed by atoms with Gasteiger partial charge in [-0.3, -0.25) is 0 Å². The lowest BCUT2D eigenvalue weighted by molar-refractivity contribution is 0.644. The number of benzene rings is 2. The van der Waals surface area contributed by atoms with Crippen molar-refractivity contribution in [2.75, 3.05) is 0 Å². The quantitative estimate of drug-likeness (QED) is 0.759. The maximum absolute atomic E-state index is 10.1. The second-order valence-electron chi connectivity index (χ2n) is 2.98. The molecule has 3 N–H and O–H groups in total. The molecule has 0 aliphatic heterocycles. The van der Waals surface area contributed by atoms with E-state index in [0.717, 1.165) is 10.6 Å². The Morgan fingerprint density at radius 1 is 0.667 bits per heavy atom. The van der Waals surface area contributed by atoms with Crippen molar-refractivity contribution < 1.29 is 10.4 Å². The van der Waals surface area contributed by atoms with Crippen molar-refractivity contribution in [2.24, 2.45) is 0 Å². The Labute approximate surface area is 90.3 Å². The maximum Gasteiger partial charge on any atom is 0.0877 e. The Hall–Kier alpha value is -1.21. The molecule has 0 fully saturated rings. The van der Waals surface area contributed by atoms with Crippen LogP contribution in [0, 0.1) is 0 Å². The van der Waals surface area contributed by atoms with E-state index in [2.05, 4.69) is 0 Å². The summed E-state index contributed by atoms with van der Waals surface area (Å²) in [5, 5.41) is 1.99. The van der Waals surface area contributed by atoms with Crippen molar-refractivity contribution in [2.45, 2.75) is 0 Å². The molecule has 3 heteroatoms. The van der Waals surface area contributed by atoms with Crippen molar-refractivity contribution in [1.29, 1.82) is 0 Å². The summed E-state index contributed by atoms with van der Waals surface area (Å²) in [6.45, 7) is 0. The zero-order valence-electron chi connectivity index (χ0n) is 8.17. The van der Waals surface area contributed by atoms with Gasteiger partial charge in [0.05, 0.1) is 8.15 Å². The summed E-state index contributed by atoms with van der Waals surface area (Å²) in [6.07, 6.45) is 0. The van der Waals surface area contributed by atoms with Crippen LogP contribution in [0.4, 0.5) is 0 Å². The molecular weight excluding hydrogens is 207 g/mol. The molecule has 0 aliphatic rings. The van der Waals surface area contributed by atoms with Crippen LogP contribution in [-0.2, 0) is 0 Å². The second-order valence-corrected chi connectivity index (χ2v) is 4.64. The van der Waals surface area contributed by atoms with Gasteiger partial charge in [-0.15, -0.1) is 0 Å². The van der Waals surface area contributed by atoms with Crippen LogP contribution in [0.1, 0.15) is 0 Å². The summed E-state index contributed by atoms with van der Waals surface area (Å²) in [5.74, 6) is 0. The van der Waals surface area contributed by atoms with Crippen LogP contribution in [0.2, 0.25) is 0 Å². The highest BCUT2D eigenvalue weighted by molar-refractivity contribution is 7.67. The highest BCUT2D eigenvalue weighted by atomic mass is 31.1. The molecule has 15 heavy (non-hydrogen) atoms. The van der Waals surface area contributed by atoms with E-state index in [4.69, 9.17) is 0 Å². The fraction of sp³-hybridized carbons (Fsp3) is 0. The lowest BCUT2D eigenvalue weighted by Gasteiger charge is -2.09. The van der Waals surface area contributed by atoms with Gasteiger partial charge in [0, 0.05) is 10.6 Å². The molecule has 0 spiro atoms. The number of hydrogen-bond donors (Lipinski definition) is 1. The van der Waals surface area contributed by atoms with E-state index >= 15 is 0 Å². The summed E-state index contributed by atoms with van der Waals surface area (Å²) in [6, 6.07) is 19.5. The molecular formula is C12H13O2P. The Bertz CT molecular complexity index is 349. The van der Waals surface area contributed by atoms with E-state index in [1.807, 2.05) is 60.7 Å². The predicted octanol–water partition coefficient (Wildman–Crippen LogP) is 1.20. The topological polar surface area (TPSA) is 51.7 Å². The van der Waals surface area contributed by atoms with E-state index in [-0.39, 0.29) is 5.48 Å². The minimum atomic E-state index is -1.17. The van der Waals surface area contributed by atoms with Crippen LogP contribution < -0.4 is 10.6 Å². The normalized spacial score (nSPS) is 9.73. The zero-order chi connectivity index (χ0) is 9.80. The minimum Gasteiger partial charge on any atom is -0.412 e. The fourth-order valence-corrected chi connectivity index (χ4v) is 2.49. The van der Waals surface area contributed by atoms with E-state index in [0.29, 0.717) is 0 Å². The first-order chi connectivity index (χ1) is 6.88. The van der Waals surface area contributed by atoms with Crippen molar-refractivity contribution in [1.82, 2.24) is 0 Å². The third kappa shape index (κ3) is 2.87. The average molecular weight is 220 g/mol. The van der Waals surface area contributed by atoms with Crippen LogP contribution >= 0.6 is 8.15 Å². The maximum atomic E-state index is 10.1. The van der Waals surface area contributed by atoms with Crippen molar-refractivity contribution in [3.05, 3.63) is 60.7 Å². The first-order valence-corrected chi connectivity index (χ1v) is 5.76. The Kier molecular flexibility index (Phi) is 4.44. The molecule has 2 rings (SSSR count). The molecule has 0 heterocycles.